The summed E-state index contributed by atoms with van der Waals surface area (Å²) < 4.78 is 28.2. The van der Waals surface area contributed by atoms with Crippen LogP contribution in [0.4, 0.5) is 13.8 Å². The number of halogens is 2. The summed E-state index contributed by atoms with van der Waals surface area (Å²) >= 11 is 0.877. The van der Waals surface area contributed by atoms with Gasteiger partial charge >= 0.3 is 0 Å². The number of carbonyl (C=O) groups excluding carboxylic acids is 1. The number of benzene rings is 1. The van der Waals surface area contributed by atoms with Gasteiger partial charge in [-0.05, 0) is 37.3 Å². The van der Waals surface area contributed by atoms with E-state index in [1.807, 2.05) is 12.1 Å². The molecule has 0 radical (unpaired) electrons. The molecule has 5 N–H and O–H groups in total. The van der Waals surface area contributed by atoms with Gasteiger partial charge in [-0.2, -0.15) is 5.10 Å². The number of anilines is 1. The van der Waals surface area contributed by atoms with Gasteiger partial charge in [-0.3, -0.25) is 9.80 Å². The second-order valence-corrected chi connectivity index (χ2v) is 8.87. The fraction of sp³-hybridized carbons (Fsp3) is 0.450. The van der Waals surface area contributed by atoms with Crippen molar-refractivity contribution in [3.05, 3.63) is 35.5 Å². The Bertz CT molecular complexity index is 960. The van der Waals surface area contributed by atoms with Crippen LogP contribution in [0.3, 0.4) is 0 Å². The summed E-state index contributed by atoms with van der Waals surface area (Å²) in [5, 5.41) is 9.27. The molecule has 10 heteroatoms. The highest BCUT2D eigenvalue weighted by atomic mass is 32.1. The number of hydrazone groups is 1. The van der Waals surface area contributed by atoms with Gasteiger partial charge in [0.25, 0.3) is 5.91 Å². The van der Waals surface area contributed by atoms with Gasteiger partial charge in [-0.25, -0.2) is 13.8 Å². The van der Waals surface area contributed by atoms with Crippen LogP contribution in [0.1, 0.15) is 36.2 Å². The Hall–Kier alpha value is -2.59. The molecule has 1 aromatic carbocycles. The summed E-state index contributed by atoms with van der Waals surface area (Å²) in [6, 6.07) is 3.37. The molecular formula is C20H24F2N6OS. The average Bonchev–Trinajstić information content (AvgIpc) is 3.24. The molecule has 1 aliphatic carbocycles. The SMILES string of the molecule is CN1N=CC(NC(=O)c2nc(-c3c(F)cccc3F)sc2N)C1[C@@H]1CCC[C@@H](N)C1. The van der Waals surface area contributed by atoms with Crippen molar-refractivity contribution in [2.45, 2.75) is 43.8 Å². The maximum absolute atomic E-state index is 14.1. The fourth-order valence-electron chi connectivity index (χ4n) is 4.40. The van der Waals surface area contributed by atoms with Crippen LogP contribution in [0.2, 0.25) is 0 Å². The van der Waals surface area contributed by atoms with Gasteiger partial charge in [-0.15, -0.1) is 0 Å². The molecule has 30 heavy (non-hydrogen) atoms. The van der Waals surface area contributed by atoms with Crippen LogP contribution in [-0.4, -0.2) is 47.3 Å². The van der Waals surface area contributed by atoms with E-state index in [2.05, 4.69) is 15.4 Å². The lowest BCUT2D eigenvalue weighted by atomic mass is 9.79. The number of nitrogens with two attached hydrogens (primary N) is 2. The minimum absolute atomic E-state index is 0.0105. The molecule has 0 bridgehead atoms. The third-order valence-electron chi connectivity index (χ3n) is 5.79. The lowest BCUT2D eigenvalue weighted by Gasteiger charge is -2.36. The third-order valence-corrected chi connectivity index (χ3v) is 6.69. The van der Waals surface area contributed by atoms with Gasteiger partial charge in [0.15, 0.2) is 5.69 Å². The summed E-state index contributed by atoms with van der Waals surface area (Å²) in [7, 11) is 1.88. The molecule has 0 spiro atoms. The van der Waals surface area contributed by atoms with Gasteiger partial charge in [0.1, 0.15) is 21.6 Å². The van der Waals surface area contributed by atoms with Crippen molar-refractivity contribution in [3.8, 4) is 10.6 Å². The second kappa shape index (κ2) is 8.27. The number of thiazole rings is 1. The second-order valence-electron chi connectivity index (χ2n) is 7.84. The van der Waals surface area contributed by atoms with Crippen LogP contribution in [0.25, 0.3) is 10.6 Å². The molecular weight excluding hydrogens is 410 g/mol. The first-order chi connectivity index (χ1) is 14.3. The number of rotatable bonds is 4. The first-order valence-electron chi connectivity index (χ1n) is 9.89. The highest BCUT2D eigenvalue weighted by molar-refractivity contribution is 7.19. The van der Waals surface area contributed by atoms with E-state index < -0.39 is 17.5 Å². The monoisotopic (exact) mass is 434 g/mol. The third kappa shape index (κ3) is 3.89. The van der Waals surface area contributed by atoms with E-state index in [9.17, 15) is 13.6 Å². The summed E-state index contributed by atoms with van der Waals surface area (Å²) in [5.41, 5.74) is 11.8. The van der Waals surface area contributed by atoms with E-state index in [1.165, 1.54) is 6.07 Å². The molecule has 4 atom stereocenters. The van der Waals surface area contributed by atoms with Crippen molar-refractivity contribution in [2.75, 3.05) is 12.8 Å². The zero-order valence-electron chi connectivity index (χ0n) is 16.5. The maximum atomic E-state index is 14.1. The first kappa shape index (κ1) is 20.7. The van der Waals surface area contributed by atoms with E-state index >= 15 is 0 Å². The van der Waals surface area contributed by atoms with Crippen LogP contribution < -0.4 is 16.8 Å². The van der Waals surface area contributed by atoms with Crippen LogP contribution in [0.5, 0.6) is 0 Å². The minimum Gasteiger partial charge on any atom is -0.389 e. The molecule has 0 saturated heterocycles. The summed E-state index contributed by atoms with van der Waals surface area (Å²) in [4.78, 5) is 17.0. The number of hydrogen-bond donors (Lipinski definition) is 3. The predicted molar refractivity (Wildman–Crippen MR) is 113 cm³/mol. The van der Waals surface area contributed by atoms with Gasteiger partial charge in [-0.1, -0.05) is 23.8 Å². The number of hydrogen-bond acceptors (Lipinski definition) is 7. The molecule has 1 amide bonds. The summed E-state index contributed by atoms with van der Waals surface area (Å²) in [5.74, 6) is -1.70. The molecule has 2 aliphatic rings. The van der Waals surface area contributed by atoms with E-state index in [-0.39, 0.29) is 39.4 Å². The first-order valence-corrected chi connectivity index (χ1v) is 10.7. The lowest BCUT2D eigenvalue weighted by molar-refractivity contribution is 0.0897. The molecule has 1 aliphatic heterocycles. The topological polar surface area (TPSA) is 110 Å². The fourth-order valence-corrected chi connectivity index (χ4v) is 5.27. The van der Waals surface area contributed by atoms with E-state index in [0.717, 1.165) is 49.2 Å². The summed E-state index contributed by atoms with van der Waals surface area (Å²) in [6.07, 6.45) is 5.65. The van der Waals surface area contributed by atoms with Crippen LogP contribution in [0, 0.1) is 17.6 Å². The van der Waals surface area contributed by atoms with Crippen LogP contribution >= 0.6 is 11.3 Å². The van der Waals surface area contributed by atoms with Crippen molar-refractivity contribution in [2.24, 2.45) is 16.8 Å². The molecule has 1 aromatic heterocycles. The Morgan fingerprint density at radius 2 is 2.03 bits per heavy atom. The Balaban J connectivity index is 1.54. The highest BCUT2D eigenvalue weighted by Gasteiger charge is 2.38. The number of nitrogen functional groups attached to an aromatic ring is 1. The molecule has 2 unspecified atom stereocenters. The molecule has 7 nitrogen and oxygen atoms in total. The highest BCUT2D eigenvalue weighted by Crippen LogP contribution is 2.34. The van der Waals surface area contributed by atoms with Crippen molar-refractivity contribution in [1.82, 2.24) is 15.3 Å². The molecule has 1 fully saturated rings. The Morgan fingerprint density at radius 3 is 2.73 bits per heavy atom. The van der Waals surface area contributed by atoms with Crippen LogP contribution in [0.15, 0.2) is 23.3 Å². The van der Waals surface area contributed by atoms with Gasteiger partial charge in [0, 0.05) is 19.3 Å². The standard InChI is InChI=1S/C20H24F2N6OS/c1-28-17(10-4-2-5-11(23)8-10)14(9-25-28)26-19(29)16-18(24)30-20(27-16)15-12(21)6-3-7-13(15)22/h3,6-7,9-11,14,17H,2,4-5,8,23-24H2,1H3,(H,26,29)/t10-,11-,14?,17?/m1/s1. The van der Waals surface area contributed by atoms with Crippen molar-refractivity contribution >= 4 is 28.5 Å². The minimum atomic E-state index is -0.756. The molecule has 2 heterocycles. The number of carbonyl (C=O) groups is 1. The van der Waals surface area contributed by atoms with Crippen LogP contribution in [-0.2, 0) is 0 Å². The number of amides is 1. The number of likely N-dealkylation sites (N-methyl/N-ethyl adjacent to an activating group) is 1. The smallest absolute Gasteiger partial charge is 0.273 e. The van der Waals surface area contributed by atoms with Gasteiger partial charge in [0.05, 0.1) is 17.6 Å². The number of nitrogens with zero attached hydrogens (tertiary/aromatic N) is 3. The maximum Gasteiger partial charge on any atom is 0.273 e. The Labute approximate surface area is 177 Å². The van der Waals surface area contributed by atoms with Gasteiger partial charge in [0.2, 0.25) is 0 Å². The van der Waals surface area contributed by atoms with E-state index in [1.54, 1.807) is 6.21 Å². The van der Waals surface area contributed by atoms with E-state index in [0.29, 0.717) is 5.92 Å². The largest absolute Gasteiger partial charge is 0.389 e. The average molecular weight is 435 g/mol. The molecule has 1 saturated carbocycles. The van der Waals surface area contributed by atoms with Crippen molar-refractivity contribution < 1.29 is 13.6 Å². The number of nitrogens with one attached hydrogen (secondary N) is 1. The van der Waals surface area contributed by atoms with Crippen molar-refractivity contribution in [3.63, 3.8) is 0 Å². The zero-order valence-corrected chi connectivity index (χ0v) is 17.3. The molecule has 4 rings (SSSR count). The zero-order chi connectivity index (χ0) is 21.4. The predicted octanol–water partition coefficient (Wildman–Crippen LogP) is 2.59. The van der Waals surface area contributed by atoms with E-state index in [4.69, 9.17) is 11.5 Å². The Kier molecular flexibility index (Phi) is 5.70. The normalized spacial score (nSPS) is 26.2. The molecule has 2 aromatic rings. The quantitative estimate of drug-likeness (QED) is 0.685. The summed E-state index contributed by atoms with van der Waals surface area (Å²) in [6.45, 7) is 0. The van der Waals surface area contributed by atoms with Crippen molar-refractivity contribution in [1.29, 1.82) is 0 Å². The Morgan fingerprint density at radius 1 is 1.30 bits per heavy atom. The lowest BCUT2D eigenvalue weighted by Crippen LogP contribution is -2.51. The molecule has 160 valence electrons. The van der Waals surface area contributed by atoms with Gasteiger partial charge < -0.3 is 16.8 Å². The number of aromatic nitrogens is 1.